The van der Waals surface area contributed by atoms with Crippen molar-refractivity contribution in [3.8, 4) is 11.8 Å². The third-order valence-corrected chi connectivity index (χ3v) is 3.09. The first-order valence-corrected chi connectivity index (χ1v) is 6.37. The van der Waals surface area contributed by atoms with Crippen molar-refractivity contribution in [2.24, 2.45) is 0 Å². The smallest absolute Gasteiger partial charge is 0.0954 e. The van der Waals surface area contributed by atoms with Crippen molar-refractivity contribution < 1.29 is 5.11 Å². The number of aryl methyl sites for hydroxylation is 1. The number of hydrogen-bond acceptors (Lipinski definition) is 2. The van der Waals surface area contributed by atoms with Crippen LogP contribution in [-0.4, -0.2) is 21.3 Å². The highest BCUT2D eigenvalue weighted by Gasteiger charge is 2.02. The summed E-state index contributed by atoms with van der Waals surface area (Å²) < 4.78 is 2.13. The maximum Gasteiger partial charge on any atom is 0.0954 e. The van der Waals surface area contributed by atoms with Gasteiger partial charge in [0.1, 0.15) is 0 Å². The van der Waals surface area contributed by atoms with Crippen LogP contribution in [0.3, 0.4) is 0 Å². The van der Waals surface area contributed by atoms with E-state index < -0.39 is 0 Å². The number of aliphatic hydroxyl groups excluding tert-OH is 1. The van der Waals surface area contributed by atoms with Gasteiger partial charge in [-0.05, 0) is 31.5 Å². The fourth-order valence-electron chi connectivity index (χ4n) is 1.87. The van der Waals surface area contributed by atoms with Crippen molar-refractivity contribution >= 4 is 0 Å². The minimum absolute atomic E-state index is 0.111. The highest BCUT2D eigenvalue weighted by molar-refractivity contribution is 5.37. The molecule has 2 rings (SSSR count). The summed E-state index contributed by atoms with van der Waals surface area (Å²) in [5, 5.41) is 8.71. The minimum atomic E-state index is 0.111. The maximum absolute atomic E-state index is 8.71. The van der Waals surface area contributed by atoms with Crippen molar-refractivity contribution in [2.75, 3.05) is 6.61 Å². The Bertz CT molecular complexity index is 617. The molecule has 3 nitrogen and oxygen atoms in total. The highest BCUT2D eigenvalue weighted by atomic mass is 16.2. The van der Waals surface area contributed by atoms with Crippen LogP contribution in [-0.2, 0) is 6.54 Å². The van der Waals surface area contributed by atoms with E-state index in [-0.39, 0.29) is 6.61 Å². The lowest BCUT2D eigenvalue weighted by molar-refractivity contribution is 0.305. The lowest BCUT2D eigenvalue weighted by Crippen LogP contribution is -2.00. The maximum atomic E-state index is 8.71. The van der Waals surface area contributed by atoms with E-state index in [4.69, 9.17) is 5.11 Å². The monoisotopic (exact) mass is 254 g/mol. The average Bonchev–Trinajstić information content (AvgIpc) is 2.72. The van der Waals surface area contributed by atoms with E-state index in [1.807, 2.05) is 25.4 Å². The fraction of sp³-hybridized carbons (Fsp3) is 0.312. The molecule has 0 atom stereocenters. The molecular weight excluding hydrogens is 236 g/mol. The predicted molar refractivity (Wildman–Crippen MR) is 75.8 cm³/mol. The summed E-state index contributed by atoms with van der Waals surface area (Å²) in [6, 6.07) is 8.17. The zero-order chi connectivity index (χ0) is 13.7. The van der Waals surface area contributed by atoms with Gasteiger partial charge in [0.15, 0.2) is 0 Å². The van der Waals surface area contributed by atoms with Crippen molar-refractivity contribution in [1.29, 1.82) is 0 Å². The molecule has 0 saturated heterocycles. The number of benzene rings is 1. The van der Waals surface area contributed by atoms with E-state index in [0.29, 0.717) is 6.42 Å². The van der Waals surface area contributed by atoms with Crippen LogP contribution in [0.1, 0.15) is 28.9 Å². The standard InChI is InChI=1S/C16H18N2O/c1-13-14(2)18(12-17-13)11-16-8-5-7-15(10-16)6-3-4-9-19/h5,7-8,10,12,19H,4,9,11H2,1-2H3. The predicted octanol–water partition coefficient (Wildman–Crippen LogP) is 2.28. The Hall–Kier alpha value is -2.05. The molecule has 3 heteroatoms. The molecule has 0 unspecified atom stereocenters. The Morgan fingerprint density at radius 3 is 2.84 bits per heavy atom. The summed E-state index contributed by atoms with van der Waals surface area (Å²) in [4.78, 5) is 4.30. The third-order valence-electron chi connectivity index (χ3n) is 3.09. The highest BCUT2D eigenvalue weighted by Crippen LogP contribution is 2.10. The first-order chi connectivity index (χ1) is 9.20. The molecule has 0 bridgehead atoms. The van der Waals surface area contributed by atoms with Gasteiger partial charge in [-0.25, -0.2) is 4.98 Å². The van der Waals surface area contributed by atoms with Crippen LogP contribution < -0.4 is 0 Å². The largest absolute Gasteiger partial charge is 0.395 e. The number of nitrogens with zero attached hydrogens (tertiary/aromatic N) is 2. The van der Waals surface area contributed by atoms with E-state index >= 15 is 0 Å². The molecule has 98 valence electrons. The average molecular weight is 254 g/mol. The van der Waals surface area contributed by atoms with Crippen molar-refractivity contribution in [1.82, 2.24) is 9.55 Å². The third kappa shape index (κ3) is 3.46. The van der Waals surface area contributed by atoms with Gasteiger partial charge in [0, 0.05) is 24.2 Å². The molecule has 0 amide bonds. The molecule has 0 aliphatic carbocycles. The summed E-state index contributed by atoms with van der Waals surface area (Å²) >= 11 is 0. The molecule has 0 fully saturated rings. The molecule has 0 aliphatic heterocycles. The lowest BCUT2D eigenvalue weighted by Gasteiger charge is -2.06. The molecular formula is C16H18N2O. The first-order valence-electron chi connectivity index (χ1n) is 6.37. The Labute approximate surface area is 113 Å². The summed E-state index contributed by atoms with van der Waals surface area (Å²) in [6.45, 7) is 5.01. The van der Waals surface area contributed by atoms with Gasteiger partial charge in [0.25, 0.3) is 0 Å². The fourth-order valence-corrected chi connectivity index (χ4v) is 1.87. The van der Waals surface area contributed by atoms with E-state index in [1.54, 1.807) is 0 Å². The van der Waals surface area contributed by atoms with Gasteiger partial charge in [-0.1, -0.05) is 24.0 Å². The Morgan fingerprint density at radius 1 is 1.32 bits per heavy atom. The van der Waals surface area contributed by atoms with Gasteiger partial charge in [-0.3, -0.25) is 0 Å². The van der Waals surface area contributed by atoms with Gasteiger partial charge in [-0.15, -0.1) is 0 Å². The van der Waals surface area contributed by atoms with Gasteiger partial charge in [0.05, 0.1) is 18.6 Å². The summed E-state index contributed by atoms with van der Waals surface area (Å²) in [6.07, 6.45) is 2.39. The second-order valence-corrected chi connectivity index (χ2v) is 4.52. The molecule has 1 heterocycles. The zero-order valence-corrected chi connectivity index (χ0v) is 11.3. The second kappa shape index (κ2) is 6.21. The van der Waals surface area contributed by atoms with Gasteiger partial charge >= 0.3 is 0 Å². The van der Waals surface area contributed by atoms with Crippen LogP contribution in [0.25, 0.3) is 0 Å². The molecule has 1 aromatic carbocycles. The lowest BCUT2D eigenvalue weighted by atomic mass is 10.1. The Morgan fingerprint density at radius 2 is 2.16 bits per heavy atom. The zero-order valence-electron chi connectivity index (χ0n) is 11.3. The Balaban J connectivity index is 2.16. The normalized spacial score (nSPS) is 10.1. The number of aliphatic hydroxyl groups is 1. The van der Waals surface area contributed by atoms with Crippen LogP contribution in [0, 0.1) is 25.7 Å². The van der Waals surface area contributed by atoms with Crippen molar-refractivity contribution in [2.45, 2.75) is 26.8 Å². The minimum Gasteiger partial charge on any atom is -0.395 e. The quantitative estimate of drug-likeness (QED) is 0.853. The van der Waals surface area contributed by atoms with Crippen LogP contribution in [0.2, 0.25) is 0 Å². The summed E-state index contributed by atoms with van der Waals surface area (Å²) in [5.74, 6) is 6.00. The van der Waals surface area contributed by atoms with Gasteiger partial charge < -0.3 is 9.67 Å². The van der Waals surface area contributed by atoms with Crippen LogP contribution in [0.5, 0.6) is 0 Å². The van der Waals surface area contributed by atoms with Crippen LogP contribution >= 0.6 is 0 Å². The second-order valence-electron chi connectivity index (χ2n) is 4.52. The molecule has 2 aromatic rings. The van der Waals surface area contributed by atoms with E-state index in [1.165, 1.54) is 11.3 Å². The van der Waals surface area contributed by atoms with E-state index in [0.717, 1.165) is 17.8 Å². The SMILES string of the molecule is Cc1ncn(Cc2cccc(C#CCCO)c2)c1C. The summed E-state index contributed by atoms with van der Waals surface area (Å²) in [5.41, 5.74) is 4.45. The van der Waals surface area contributed by atoms with E-state index in [9.17, 15) is 0 Å². The summed E-state index contributed by atoms with van der Waals surface area (Å²) in [7, 11) is 0. The number of hydrogen-bond donors (Lipinski definition) is 1. The van der Waals surface area contributed by atoms with Crippen LogP contribution in [0.15, 0.2) is 30.6 Å². The van der Waals surface area contributed by atoms with Crippen molar-refractivity contribution in [3.63, 3.8) is 0 Å². The molecule has 0 spiro atoms. The topological polar surface area (TPSA) is 38.0 Å². The van der Waals surface area contributed by atoms with Crippen molar-refractivity contribution in [3.05, 3.63) is 53.1 Å². The van der Waals surface area contributed by atoms with Crippen LogP contribution in [0.4, 0.5) is 0 Å². The first kappa shape index (κ1) is 13.4. The van der Waals surface area contributed by atoms with Gasteiger partial charge in [0.2, 0.25) is 0 Å². The van der Waals surface area contributed by atoms with E-state index in [2.05, 4.69) is 40.4 Å². The Kier molecular flexibility index (Phi) is 4.38. The van der Waals surface area contributed by atoms with Gasteiger partial charge in [-0.2, -0.15) is 0 Å². The number of imidazole rings is 1. The molecule has 19 heavy (non-hydrogen) atoms. The molecule has 0 aliphatic rings. The molecule has 0 saturated carbocycles. The molecule has 1 aromatic heterocycles. The number of rotatable bonds is 3. The molecule has 1 N–H and O–H groups in total. The molecule has 0 radical (unpaired) electrons. The number of aromatic nitrogens is 2.